The van der Waals surface area contributed by atoms with Gasteiger partial charge >= 0.3 is 0 Å². The molecule has 2 atom stereocenters. The van der Waals surface area contributed by atoms with E-state index < -0.39 is 11.5 Å². The van der Waals surface area contributed by atoms with Gasteiger partial charge in [-0.25, -0.2) is 9.66 Å². The lowest BCUT2D eigenvalue weighted by Gasteiger charge is -2.29. The van der Waals surface area contributed by atoms with E-state index in [0.717, 1.165) is 6.42 Å². The van der Waals surface area contributed by atoms with Gasteiger partial charge in [-0.15, -0.1) is 0 Å². The van der Waals surface area contributed by atoms with Gasteiger partial charge in [-0.05, 0) is 24.0 Å². The third kappa shape index (κ3) is 3.12. The first-order chi connectivity index (χ1) is 11.4. The Labute approximate surface area is 141 Å². The van der Waals surface area contributed by atoms with E-state index in [0.29, 0.717) is 16.7 Å². The van der Waals surface area contributed by atoms with Crippen molar-refractivity contribution in [2.24, 2.45) is 5.41 Å². The largest absolute Gasteiger partial charge is 0.385 e. The Morgan fingerprint density at radius 3 is 2.71 bits per heavy atom. The molecule has 2 N–H and O–H groups in total. The van der Waals surface area contributed by atoms with Gasteiger partial charge in [0.1, 0.15) is 6.10 Å². The summed E-state index contributed by atoms with van der Waals surface area (Å²) >= 11 is 0. The minimum atomic E-state index is -0.870. The van der Waals surface area contributed by atoms with Gasteiger partial charge in [0.15, 0.2) is 5.82 Å². The van der Waals surface area contributed by atoms with Gasteiger partial charge in [0, 0.05) is 0 Å². The first kappa shape index (κ1) is 16.5. The second kappa shape index (κ2) is 6.24. The van der Waals surface area contributed by atoms with Crippen LogP contribution in [0.3, 0.4) is 0 Å². The molecule has 0 aliphatic heterocycles. The minimum Gasteiger partial charge on any atom is -0.385 e. The van der Waals surface area contributed by atoms with Crippen LogP contribution in [0.1, 0.15) is 39.1 Å². The monoisotopic (exact) mass is 325 g/mol. The zero-order valence-electron chi connectivity index (χ0n) is 14.2. The molecule has 1 aromatic carbocycles. The van der Waals surface area contributed by atoms with Gasteiger partial charge in [0.2, 0.25) is 0 Å². The molecule has 24 heavy (non-hydrogen) atoms. The summed E-state index contributed by atoms with van der Waals surface area (Å²) in [5.41, 5.74) is 3.17. The van der Waals surface area contributed by atoms with Gasteiger partial charge in [-0.1, -0.05) is 57.2 Å². The number of hydrogen-bond acceptors (Lipinski definition) is 4. The number of allylic oxidation sites excluding steroid dienone is 2. The van der Waals surface area contributed by atoms with Crippen LogP contribution in [0.15, 0.2) is 53.4 Å². The summed E-state index contributed by atoms with van der Waals surface area (Å²) < 4.78 is 1.41. The molecule has 126 valence electrons. The predicted molar refractivity (Wildman–Crippen MR) is 96.5 cm³/mol. The number of aliphatic hydroxyl groups excluding tert-OH is 1. The van der Waals surface area contributed by atoms with Crippen molar-refractivity contribution in [2.45, 2.75) is 39.3 Å². The molecule has 1 aliphatic carbocycles. The van der Waals surface area contributed by atoms with E-state index in [4.69, 9.17) is 0 Å². The van der Waals surface area contributed by atoms with E-state index in [-0.39, 0.29) is 11.6 Å². The van der Waals surface area contributed by atoms with Crippen molar-refractivity contribution < 1.29 is 5.11 Å². The molecular formula is C19H23N3O2. The van der Waals surface area contributed by atoms with Crippen LogP contribution in [0.2, 0.25) is 0 Å². The molecule has 0 fully saturated rings. The molecule has 0 radical (unpaired) electrons. The summed E-state index contributed by atoms with van der Waals surface area (Å²) in [7, 11) is 0. The first-order valence-electron chi connectivity index (χ1n) is 8.17. The molecule has 2 aromatic rings. The lowest BCUT2D eigenvalue weighted by molar-refractivity contribution is 0.0517. The summed E-state index contributed by atoms with van der Waals surface area (Å²) in [5, 5.41) is 11.3. The fourth-order valence-electron chi connectivity index (χ4n) is 2.69. The minimum absolute atomic E-state index is 0.0124. The molecule has 0 spiro atoms. The Hall–Kier alpha value is -2.40. The molecule has 5 nitrogen and oxygen atoms in total. The van der Waals surface area contributed by atoms with Crippen LogP contribution in [0, 0.1) is 5.41 Å². The zero-order chi connectivity index (χ0) is 17.3. The molecule has 5 heteroatoms. The fraction of sp³-hybridized carbons (Fsp3) is 0.368. The van der Waals surface area contributed by atoms with Crippen molar-refractivity contribution in [3.63, 3.8) is 0 Å². The van der Waals surface area contributed by atoms with Crippen LogP contribution >= 0.6 is 0 Å². The average Bonchev–Trinajstić information content (AvgIpc) is 2.57. The van der Waals surface area contributed by atoms with Crippen LogP contribution in [-0.4, -0.2) is 20.8 Å². The van der Waals surface area contributed by atoms with Gasteiger partial charge in [-0.2, -0.15) is 0 Å². The van der Waals surface area contributed by atoms with Gasteiger partial charge in [0.05, 0.1) is 16.9 Å². The van der Waals surface area contributed by atoms with Gasteiger partial charge in [-0.3, -0.25) is 4.79 Å². The fourth-order valence-corrected chi connectivity index (χ4v) is 2.69. The molecule has 1 heterocycles. The van der Waals surface area contributed by atoms with Gasteiger partial charge < -0.3 is 10.5 Å². The Bertz CT molecular complexity index is 859. The van der Waals surface area contributed by atoms with E-state index >= 15 is 0 Å². The predicted octanol–water partition coefficient (Wildman–Crippen LogP) is 2.90. The first-order valence-corrected chi connectivity index (χ1v) is 8.17. The number of nitrogens with one attached hydrogen (secondary N) is 1. The van der Waals surface area contributed by atoms with Crippen molar-refractivity contribution in [1.29, 1.82) is 0 Å². The summed E-state index contributed by atoms with van der Waals surface area (Å²) in [6.45, 7) is 5.77. The quantitative estimate of drug-likeness (QED) is 0.910. The normalized spacial score (nSPS) is 18.8. The molecule has 0 saturated carbocycles. The summed E-state index contributed by atoms with van der Waals surface area (Å²) in [5.74, 6) is 0.342. The van der Waals surface area contributed by atoms with Crippen LogP contribution < -0.4 is 11.0 Å². The number of para-hydroxylation sites is 1. The molecule has 3 rings (SSSR count). The van der Waals surface area contributed by atoms with E-state index in [1.165, 1.54) is 4.68 Å². The smallest absolute Gasteiger partial charge is 0.280 e. The van der Waals surface area contributed by atoms with Crippen LogP contribution in [0.5, 0.6) is 0 Å². The summed E-state index contributed by atoms with van der Waals surface area (Å²) in [6, 6.07) is 7.20. The van der Waals surface area contributed by atoms with E-state index in [1.807, 2.05) is 57.2 Å². The van der Waals surface area contributed by atoms with Crippen molar-refractivity contribution in [3.8, 4) is 0 Å². The number of rotatable bonds is 3. The van der Waals surface area contributed by atoms with Crippen LogP contribution in [-0.2, 0) is 0 Å². The highest BCUT2D eigenvalue weighted by molar-refractivity contribution is 5.77. The molecule has 0 unspecified atom stereocenters. The van der Waals surface area contributed by atoms with E-state index in [2.05, 4.69) is 10.4 Å². The number of aromatic nitrogens is 2. The molecule has 0 amide bonds. The molecule has 1 aromatic heterocycles. The Kier molecular flexibility index (Phi) is 4.28. The van der Waals surface area contributed by atoms with Crippen molar-refractivity contribution in [3.05, 3.63) is 64.7 Å². The second-order valence-electron chi connectivity index (χ2n) is 7.18. The maximum atomic E-state index is 13.0. The maximum absolute atomic E-state index is 13.0. The van der Waals surface area contributed by atoms with E-state index in [9.17, 15) is 9.90 Å². The molecule has 1 aliphatic rings. The highest BCUT2D eigenvalue weighted by Crippen LogP contribution is 2.31. The van der Waals surface area contributed by atoms with Crippen LogP contribution in [0.4, 0.5) is 0 Å². The van der Waals surface area contributed by atoms with Crippen molar-refractivity contribution in [1.82, 2.24) is 9.66 Å². The number of nitrogens with zero attached hydrogens (tertiary/aromatic N) is 2. The lowest BCUT2D eigenvalue weighted by atomic mass is 9.88. The molecule has 0 saturated heterocycles. The van der Waals surface area contributed by atoms with Crippen molar-refractivity contribution in [2.75, 3.05) is 5.43 Å². The Balaban J connectivity index is 2.16. The van der Waals surface area contributed by atoms with E-state index in [1.54, 1.807) is 12.1 Å². The second-order valence-corrected chi connectivity index (χ2v) is 7.18. The highest BCUT2D eigenvalue weighted by atomic mass is 16.3. The molecule has 0 bridgehead atoms. The average molecular weight is 325 g/mol. The Morgan fingerprint density at radius 1 is 1.29 bits per heavy atom. The topological polar surface area (TPSA) is 67.2 Å². The SMILES string of the molecule is CC(C)(C)[C@H](O)c1nc2ccccc2c(=O)n1N[C@H]1C=CC=CC1. The Morgan fingerprint density at radius 2 is 2.04 bits per heavy atom. The number of aliphatic hydroxyl groups is 1. The standard InChI is InChI=1S/C19H23N3O2/c1-19(2,3)16(23)17-20-15-12-8-7-11-14(15)18(24)22(17)21-13-9-5-4-6-10-13/h4-9,11-13,16,21,23H,10H2,1-3H3/t13-,16+/m0/s1. The number of hydrogen-bond donors (Lipinski definition) is 2. The third-order valence-electron chi connectivity index (χ3n) is 4.14. The van der Waals surface area contributed by atoms with Crippen molar-refractivity contribution >= 4 is 10.9 Å². The third-order valence-corrected chi connectivity index (χ3v) is 4.14. The number of fused-ring (bicyclic) bond motifs is 1. The zero-order valence-corrected chi connectivity index (χ0v) is 14.2. The van der Waals surface area contributed by atoms with Gasteiger partial charge in [0.25, 0.3) is 5.56 Å². The molecular weight excluding hydrogens is 302 g/mol. The maximum Gasteiger partial charge on any atom is 0.280 e. The summed E-state index contributed by atoms with van der Waals surface area (Å²) in [4.78, 5) is 17.5. The summed E-state index contributed by atoms with van der Waals surface area (Å²) in [6.07, 6.45) is 7.86. The number of benzene rings is 1. The highest BCUT2D eigenvalue weighted by Gasteiger charge is 2.29. The van der Waals surface area contributed by atoms with Crippen LogP contribution in [0.25, 0.3) is 10.9 Å². The lowest BCUT2D eigenvalue weighted by Crippen LogP contribution is -2.40.